The number of rotatable bonds is 3. The molecule has 104 valence electrons. The van der Waals surface area contributed by atoms with E-state index >= 15 is 0 Å². The van der Waals surface area contributed by atoms with Crippen LogP contribution in [0.25, 0.3) is 0 Å². The van der Waals surface area contributed by atoms with Crippen molar-refractivity contribution in [2.24, 2.45) is 5.92 Å². The first-order valence-electron chi connectivity index (χ1n) is 6.45. The molecule has 1 amide bonds. The third-order valence-electron chi connectivity index (χ3n) is 3.51. The number of hydrogen-bond acceptors (Lipinski definition) is 2. The Labute approximate surface area is 123 Å². The predicted molar refractivity (Wildman–Crippen MR) is 77.1 cm³/mol. The molecule has 2 rings (SSSR count). The van der Waals surface area contributed by atoms with Crippen molar-refractivity contribution in [3.05, 3.63) is 28.8 Å². The zero-order valence-electron chi connectivity index (χ0n) is 10.6. The molecule has 1 aromatic carbocycles. The first-order chi connectivity index (χ1) is 9.11. The molecule has 0 radical (unpaired) electrons. The van der Waals surface area contributed by atoms with Gasteiger partial charge in [-0.1, -0.05) is 11.6 Å². The van der Waals surface area contributed by atoms with E-state index in [-0.39, 0.29) is 11.7 Å². The van der Waals surface area contributed by atoms with Gasteiger partial charge in [0.25, 0.3) is 5.91 Å². The van der Waals surface area contributed by atoms with Gasteiger partial charge in [0.05, 0.1) is 5.56 Å². The van der Waals surface area contributed by atoms with Crippen LogP contribution in [0.2, 0.25) is 5.02 Å². The summed E-state index contributed by atoms with van der Waals surface area (Å²) in [5.41, 5.74) is 0.316. The van der Waals surface area contributed by atoms with Crippen molar-refractivity contribution in [3.8, 4) is 5.75 Å². The van der Waals surface area contributed by atoms with Crippen LogP contribution in [0.15, 0.2) is 18.2 Å². The molecule has 0 spiro atoms. The topological polar surface area (TPSA) is 40.5 Å². The van der Waals surface area contributed by atoms with Gasteiger partial charge in [-0.05, 0) is 43.4 Å². The van der Waals surface area contributed by atoms with Gasteiger partial charge >= 0.3 is 0 Å². The molecular weight excluding hydrogens is 285 g/mol. The van der Waals surface area contributed by atoms with Crippen molar-refractivity contribution in [2.45, 2.75) is 19.3 Å². The standard InChI is InChI=1S/C14H17Cl2NO2/c15-6-5-10-2-1-7-17(9-10)14(19)12-4-3-11(16)8-13(12)18/h3-4,8,10,18H,1-2,5-7,9H2. The highest BCUT2D eigenvalue weighted by atomic mass is 35.5. The lowest BCUT2D eigenvalue weighted by molar-refractivity contribution is 0.0668. The molecule has 19 heavy (non-hydrogen) atoms. The SMILES string of the molecule is O=C(c1ccc(Cl)cc1O)N1CCCC(CCCl)C1. The van der Waals surface area contributed by atoms with E-state index in [1.54, 1.807) is 17.0 Å². The number of piperidine rings is 1. The second-order valence-electron chi connectivity index (χ2n) is 4.90. The van der Waals surface area contributed by atoms with Gasteiger partial charge in [0, 0.05) is 24.0 Å². The minimum Gasteiger partial charge on any atom is -0.507 e. The molecule has 1 unspecified atom stereocenters. The highest BCUT2D eigenvalue weighted by molar-refractivity contribution is 6.30. The molecule has 1 fully saturated rings. The monoisotopic (exact) mass is 301 g/mol. The Hall–Kier alpha value is -0.930. The largest absolute Gasteiger partial charge is 0.507 e. The van der Waals surface area contributed by atoms with Crippen molar-refractivity contribution >= 4 is 29.1 Å². The second kappa shape index (κ2) is 6.49. The van der Waals surface area contributed by atoms with Gasteiger partial charge in [0.15, 0.2) is 0 Å². The van der Waals surface area contributed by atoms with Crippen LogP contribution in [0.5, 0.6) is 5.75 Å². The summed E-state index contributed by atoms with van der Waals surface area (Å²) in [5, 5.41) is 10.2. The minimum absolute atomic E-state index is 0.0584. The van der Waals surface area contributed by atoms with E-state index in [4.69, 9.17) is 23.2 Å². The molecular formula is C14H17Cl2NO2. The van der Waals surface area contributed by atoms with E-state index in [2.05, 4.69) is 0 Å². The summed E-state index contributed by atoms with van der Waals surface area (Å²) in [5.74, 6) is 0.897. The lowest BCUT2D eigenvalue weighted by atomic mass is 9.95. The van der Waals surface area contributed by atoms with Gasteiger partial charge in [-0.2, -0.15) is 0 Å². The Bertz CT molecular complexity index is 463. The predicted octanol–water partition coefficient (Wildman–Crippen LogP) is 3.53. The number of carbonyl (C=O) groups is 1. The van der Waals surface area contributed by atoms with Gasteiger partial charge in [0.1, 0.15) is 5.75 Å². The van der Waals surface area contributed by atoms with Crippen LogP contribution >= 0.6 is 23.2 Å². The Morgan fingerprint density at radius 1 is 1.47 bits per heavy atom. The molecule has 3 nitrogen and oxygen atoms in total. The number of alkyl halides is 1. The molecule has 5 heteroatoms. The number of amides is 1. The maximum Gasteiger partial charge on any atom is 0.257 e. The van der Waals surface area contributed by atoms with E-state index < -0.39 is 0 Å². The fourth-order valence-corrected chi connectivity index (χ4v) is 2.97. The Balaban J connectivity index is 2.10. The van der Waals surface area contributed by atoms with Crippen molar-refractivity contribution < 1.29 is 9.90 Å². The van der Waals surface area contributed by atoms with Crippen LogP contribution in [-0.4, -0.2) is 34.9 Å². The maximum atomic E-state index is 12.4. The van der Waals surface area contributed by atoms with Crippen molar-refractivity contribution in [1.82, 2.24) is 4.90 Å². The Morgan fingerprint density at radius 2 is 2.26 bits per heavy atom. The number of benzene rings is 1. The summed E-state index contributed by atoms with van der Waals surface area (Å²) in [6.07, 6.45) is 3.03. The van der Waals surface area contributed by atoms with Gasteiger partial charge in [-0.3, -0.25) is 4.79 Å². The smallest absolute Gasteiger partial charge is 0.257 e. The number of likely N-dealkylation sites (tertiary alicyclic amines) is 1. The van der Waals surface area contributed by atoms with E-state index in [9.17, 15) is 9.90 Å². The molecule has 1 N–H and O–H groups in total. The molecule has 1 aliphatic rings. The maximum absolute atomic E-state index is 12.4. The zero-order valence-corrected chi connectivity index (χ0v) is 12.1. The normalized spacial score (nSPS) is 19.5. The number of halogens is 2. The third-order valence-corrected chi connectivity index (χ3v) is 3.97. The van der Waals surface area contributed by atoms with E-state index in [1.807, 2.05) is 0 Å². The first kappa shape index (κ1) is 14.5. The highest BCUT2D eigenvalue weighted by Gasteiger charge is 2.25. The summed E-state index contributed by atoms with van der Waals surface area (Å²) in [6, 6.07) is 4.59. The molecule has 1 aliphatic heterocycles. The summed E-state index contributed by atoms with van der Waals surface area (Å²) < 4.78 is 0. The second-order valence-corrected chi connectivity index (χ2v) is 5.71. The average molecular weight is 302 g/mol. The molecule has 0 saturated carbocycles. The Kier molecular flexibility index (Phi) is 4.94. The van der Waals surface area contributed by atoms with Crippen LogP contribution in [0, 0.1) is 5.92 Å². The van der Waals surface area contributed by atoms with Crippen LogP contribution in [-0.2, 0) is 0 Å². The average Bonchev–Trinajstić information content (AvgIpc) is 2.39. The fourth-order valence-electron chi connectivity index (χ4n) is 2.50. The zero-order chi connectivity index (χ0) is 13.8. The minimum atomic E-state index is -0.131. The van der Waals surface area contributed by atoms with E-state index in [0.29, 0.717) is 28.9 Å². The van der Waals surface area contributed by atoms with Gasteiger partial charge in [0.2, 0.25) is 0 Å². The van der Waals surface area contributed by atoms with Crippen LogP contribution in [0.3, 0.4) is 0 Å². The molecule has 0 bridgehead atoms. The number of aromatic hydroxyl groups is 1. The lowest BCUT2D eigenvalue weighted by Gasteiger charge is -2.32. The fraction of sp³-hybridized carbons (Fsp3) is 0.500. The molecule has 0 aliphatic carbocycles. The van der Waals surface area contributed by atoms with E-state index in [0.717, 1.165) is 25.8 Å². The quantitative estimate of drug-likeness (QED) is 0.868. The number of hydrogen-bond donors (Lipinski definition) is 1. The van der Waals surface area contributed by atoms with Crippen molar-refractivity contribution in [3.63, 3.8) is 0 Å². The van der Waals surface area contributed by atoms with Crippen molar-refractivity contribution in [1.29, 1.82) is 0 Å². The van der Waals surface area contributed by atoms with Crippen LogP contribution in [0.4, 0.5) is 0 Å². The first-order valence-corrected chi connectivity index (χ1v) is 7.37. The third kappa shape index (κ3) is 3.54. The summed E-state index contributed by atoms with van der Waals surface area (Å²) >= 11 is 11.5. The summed E-state index contributed by atoms with van der Waals surface area (Å²) in [4.78, 5) is 14.2. The molecule has 1 atom stereocenters. The molecule has 1 aromatic rings. The molecule has 0 aromatic heterocycles. The van der Waals surface area contributed by atoms with Crippen LogP contribution in [0.1, 0.15) is 29.6 Å². The molecule has 1 heterocycles. The van der Waals surface area contributed by atoms with Crippen LogP contribution < -0.4 is 0 Å². The number of phenolic OH excluding ortho intramolecular Hbond substituents is 1. The van der Waals surface area contributed by atoms with Gasteiger partial charge in [-0.15, -0.1) is 11.6 Å². The number of nitrogens with zero attached hydrogens (tertiary/aromatic N) is 1. The van der Waals surface area contributed by atoms with Crippen molar-refractivity contribution in [2.75, 3.05) is 19.0 Å². The highest BCUT2D eigenvalue weighted by Crippen LogP contribution is 2.26. The number of phenols is 1. The van der Waals surface area contributed by atoms with Gasteiger partial charge < -0.3 is 10.0 Å². The van der Waals surface area contributed by atoms with E-state index in [1.165, 1.54) is 6.07 Å². The summed E-state index contributed by atoms with van der Waals surface area (Å²) in [6.45, 7) is 1.45. The number of carbonyl (C=O) groups excluding carboxylic acids is 1. The Morgan fingerprint density at radius 3 is 2.95 bits per heavy atom. The summed E-state index contributed by atoms with van der Waals surface area (Å²) in [7, 11) is 0. The lowest BCUT2D eigenvalue weighted by Crippen LogP contribution is -2.40. The van der Waals surface area contributed by atoms with Gasteiger partial charge in [-0.25, -0.2) is 0 Å². The molecule has 1 saturated heterocycles.